The van der Waals surface area contributed by atoms with Crippen LogP contribution < -0.4 is 4.90 Å². The normalized spacial score (nSPS) is 17.1. The molecule has 0 bridgehead atoms. The lowest BCUT2D eigenvalue weighted by Gasteiger charge is -2.20. The number of carbonyl (C=O) groups excluding carboxylic acids is 1. The van der Waals surface area contributed by atoms with E-state index < -0.39 is 6.23 Å². The van der Waals surface area contributed by atoms with Crippen molar-refractivity contribution in [1.82, 2.24) is 4.98 Å². The van der Waals surface area contributed by atoms with Crippen molar-refractivity contribution in [3.8, 4) is 0 Å². The number of hydrogen-bond acceptors (Lipinski definition) is 3. The average molecular weight is 311 g/mol. The molecule has 2 heterocycles. The van der Waals surface area contributed by atoms with Crippen LogP contribution in [0.2, 0.25) is 5.02 Å². The van der Waals surface area contributed by atoms with Gasteiger partial charge in [0.25, 0.3) is 5.91 Å². The molecule has 1 unspecified atom stereocenters. The Bertz CT molecular complexity index is 910. The zero-order chi connectivity index (χ0) is 15.3. The summed E-state index contributed by atoms with van der Waals surface area (Å²) in [6, 6.07) is 16.0. The summed E-state index contributed by atoms with van der Waals surface area (Å²) in [5, 5.41) is 11.9. The van der Waals surface area contributed by atoms with E-state index in [0.717, 1.165) is 5.39 Å². The number of fused-ring (bicyclic) bond motifs is 2. The van der Waals surface area contributed by atoms with Crippen LogP contribution in [0.1, 0.15) is 22.1 Å². The van der Waals surface area contributed by atoms with Gasteiger partial charge in [0.15, 0.2) is 6.23 Å². The van der Waals surface area contributed by atoms with Gasteiger partial charge in [-0.1, -0.05) is 35.9 Å². The van der Waals surface area contributed by atoms with Crippen molar-refractivity contribution >= 4 is 34.2 Å². The zero-order valence-electron chi connectivity index (χ0n) is 11.4. The predicted octanol–water partition coefficient (Wildman–Crippen LogP) is 3.54. The number of nitrogens with zero attached hydrogens (tertiary/aromatic N) is 2. The summed E-state index contributed by atoms with van der Waals surface area (Å²) in [6.07, 6.45) is -1.02. The Morgan fingerprint density at radius 3 is 2.68 bits per heavy atom. The van der Waals surface area contributed by atoms with Gasteiger partial charge in [-0.25, -0.2) is 4.98 Å². The molecule has 1 aliphatic rings. The SMILES string of the molecule is O=C1c2ccccc2C(O)N1c1ccc2ccc(Cl)cc2n1. The van der Waals surface area contributed by atoms with Gasteiger partial charge < -0.3 is 5.11 Å². The molecule has 5 heteroatoms. The van der Waals surface area contributed by atoms with Gasteiger partial charge in [-0.3, -0.25) is 9.69 Å². The lowest BCUT2D eigenvalue weighted by molar-refractivity contribution is 0.0933. The van der Waals surface area contributed by atoms with Crippen LogP contribution in [0.5, 0.6) is 0 Å². The molecular formula is C17H11ClN2O2. The number of halogens is 1. The number of aromatic nitrogens is 1. The minimum atomic E-state index is -1.02. The minimum absolute atomic E-state index is 0.253. The number of amides is 1. The van der Waals surface area contributed by atoms with E-state index in [1.807, 2.05) is 12.1 Å². The van der Waals surface area contributed by atoms with Crippen LogP contribution in [0, 0.1) is 0 Å². The smallest absolute Gasteiger partial charge is 0.262 e. The van der Waals surface area contributed by atoms with Gasteiger partial charge in [0.1, 0.15) is 5.82 Å². The molecule has 1 aromatic heterocycles. The highest BCUT2D eigenvalue weighted by atomic mass is 35.5. The molecule has 108 valence electrons. The maximum Gasteiger partial charge on any atom is 0.262 e. The molecule has 0 aliphatic carbocycles. The molecule has 0 fully saturated rings. The van der Waals surface area contributed by atoms with Gasteiger partial charge in [-0.2, -0.15) is 0 Å². The van der Waals surface area contributed by atoms with E-state index in [0.29, 0.717) is 27.5 Å². The second-order valence-electron chi connectivity index (χ2n) is 5.14. The Kier molecular flexibility index (Phi) is 2.89. The largest absolute Gasteiger partial charge is 0.369 e. The van der Waals surface area contributed by atoms with Gasteiger partial charge in [0.2, 0.25) is 0 Å². The summed E-state index contributed by atoms with van der Waals surface area (Å²) in [7, 11) is 0. The molecule has 22 heavy (non-hydrogen) atoms. The highest BCUT2D eigenvalue weighted by Crippen LogP contribution is 2.35. The fraction of sp³-hybridized carbons (Fsp3) is 0.0588. The molecular weight excluding hydrogens is 300 g/mol. The number of aliphatic hydroxyl groups is 1. The summed E-state index contributed by atoms with van der Waals surface area (Å²) in [4.78, 5) is 18.3. The van der Waals surface area contributed by atoms with Crippen molar-refractivity contribution in [3.63, 3.8) is 0 Å². The highest BCUT2D eigenvalue weighted by Gasteiger charge is 2.36. The molecule has 0 saturated carbocycles. The molecule has 1 aliphatic heterocycles. The van der Waals surface area contributed by atoms with Crippen molar-refractivity contribution in [3.05, 3.63) is 70.7 Å². The summed E-state index contributed by atoms with van der Waals surface area (Å²) in [5.41, 5.74) is 1.78. The number of pyridine rings is 1. The van der Waals surface area contributed by atoms with E-state index in [4.69, 9.17) is 11.6 Å². The standard InChI is InChI=1S/C17H11ClN2O2/c18-11-7-5-10-6-8-15(19-14(10)9-11)20-16(21)12-3-1-2-4-13(12)17(20)22/h1-9,16,21H. The maximum absolute atomic E-state index is 12.5. The van der Waals surface area contributed by atoms with Gasteiger partial charge in [0.05, 0.1) is 5.52 Å². The zero-order valence-corrected chi connectivity index (χ0v) is 12.2. The second-order valence-corrected chi connectivity index (χ2v) is 5.58. The summed E-state index contributed by atoms with van der Waals surface area (Å²) in [6.45, 7) is 0. The van der Waals surface area contributed by atoms with E-state index in [1.54, 1.807) is 42.5 Å². The molecule has 0 saturated heterocycles. The highest BCUT2D eigenvalue weighted by molar-refractivity contribution is 6.31. The first-order valence-electron chi connectivity index (χ1n) is 6.82. The first-order valence-corrected chi connectivity index (χ1v) is 7.20. The molecule has 0 spiro atoms. The first kappa shape index (κ1) is 13.2. The van der Waals surface area contributed by atoms with Gasteiger partial charge in [0, 0.05) is 21.5 Å². The molecule has 3 aromatic rings. The Morgan fingerprint density at radius 2 is 1.86 bits per heavy atom. The van der Waals surface area contributed by atoms with Gasteiger partial charge >= 0.3 is 0 Å². The summed E-state index contributed by atoms with van der Waals surface area (Å²) >= 11 is 5.99. The van der Waals surface area contributed by atoms with Gasteiger partial charge in [-0.15, -0.1) is 0 Å². The third-order valence-corrected chi connectivity index (χ3v) is 4.05. The van der Waals surface area contributed by atoms with Crippen LogP contribution in [-0.2, 0) is 0 Å². The van der Waals surface area contributed by atoms with Crippen LogP contribution in [0.25, 0.3) is 10.9 Å². The van der Waals surface area contributed by atoms with Crippen molar-refractivity contribution in [2.75, 3.05) is 4.90 Å². The average Bonchev–Trinajstić information content (AvgIpc) is 2.79. The summed E-state index contributed by atoms with van der Waals surface area (Å²) < 4.78 is 0. The quantitative estimate of drug-likeness (QED) is 0.748. The number of aliphatic hydroxyl groups excluding tert-OH is 1. The van der Waals surface area contributed by atoms with Crippen LogP contribution in [-0.4, -0.2) is 16.0 Å². The van der Waals surface area contributed by atoms with Crippen LogP contribution in [0.4, 0.5) is 5.82 Å². The fourth-order valence-corrected chi connectivity index (χ4v) is 2.91. The first-order chi connectivity index (χ1) is 10.6. The Morgan fingerprint density at radius 1 is 1.09 bits per heavy atom. The number of rotatable bonds is 1. The van der Waals surface area contributed by atoms with Crippen LogP contribution in [0.15, 0.2) is 54.6 Å². The lowest BCUT2D eigenvalue weighted by Crippen LogP contribution is -2.28. The van der Waals surface area contributed by atoms with E-state index in [9.17, 15) is 9.90 Å². The van der Waals surface area contributed by atoms with Crippen LogP contribution >= 0.6 is 11.6 Å². The van der Waals surface area contributed by atoms with E-state index in [-0.39, 0.29) is 5.91 Å². The Labute approximate surface area is 131 Å². The molecule has 0 radical (unpaired) electrons. The van der Waals surface area contributed by atoms with Crippen molar-refractivity contribution < 1.29 is 9.90 Å². The number of benzene rings is 2. The Hall–Kier alpha value is -2.43. The van der Waals surface area contributed by atoms with Crippen molar-refractivity contribution in [2.45, 2.75) is 6.23 Å². The van der Waals surface area contributed by atoms with Crippen molar-refractivity contribution in [1.29, 1.82) is 0 Å². The molecule has 1 atom stereocenters. The Balaban J connectivity index is 1.84. The number of carbonyl (C=O) groups is 1. The minimum Gasteiger partial charge on any atom is -0.369 e. The van der Waals surface area contributed by atoms with E-state index in [2.05, 4.69) is 4.98 Å². The fourth-order valence-electron chi connectivity index (χ4n) is 2.74. The van der Waals surface area contributed by atoms with Gasteiger partial charge in [-0.05, 0) is 30.3 Å². The topological polar surface area (TPSA) is 53.4 Å². The monoisotopic (exact) mass is 310 g/mol. The molecule has 2 aromatic carbocycles. The van der Waals surface area contributed by atoms with Crippen LogP contribution in [0.3, 0.4) is 0 Å². The number of anilines is 1. The third kappa shape index (κ3) is 1.89. The summed E-state index contributed by atoms with van der Waals surface area (Å²) in [5.74, 6) is 0.153. The molecule has 4 nitrogen and oxygen atoms in total. The maximum atomic E-state index is 12.5. The molecule has 1 amide bonds. The van der Waals surface area contributed by atoms with E-state index >= 15 is 0 Å². The molecule has 1 N–H and O–H groups in total. The number of hydrogen-bond donors (Lipinski definition) is 1. The lowest BCUT2D eigenvalue weighted by atomic mass is 10.1. The van der Waals surface area contributed by atoms with Crippen molar-refractivity contribution in [2.24, 2.45) is 0 Å². The van der Waals surface area contributed by atoms with E-state index in [1.165, 1.54) is 4.90 Å². The second kappa shape index (κ2) is 4.80. The molecule has 4 rings (SSSR count). The predicted molar refractivity (Wildman–Crippen MR) is 85.0 cm³/mol. The third-order valence-electron chi connectivity index (χ3n) is 3.82.